The lowest BCUT2D eigenvalue weighted by Gasteiger charge is -2.17. The molecule has 306 valence electrons. The Balaban J connectivity index is 0.863. The van der Waals surface area contributed by atoms with Crippen LogP contribution in [-0.2, 0) is 0 Å². The van der Waals surface area contributed by atoms with Crippen LogP contribution in [-0.4, -0.2) is 21.7 Å². The van der Waals surface area contributed by atoms with Gasteiger partial charge < -0.3 is 4.42 Å². The lowest BCUT2D eigenvalue weighted by Crippen LogP contribution is -2.51. The number of thiazole rings is 2. The molecule has 66 heavy (non-hydrogen) atoms. The lowest BCUT2D eigenvalue weighted by molar-refractivity contribution is 0.620. The zero-order valence-corrected chi connectivity index (χ0v) is 36.9. The molecule has 4 nitrogen and oxygen atoms in total. The molecule has 0 saturated heterocycles. The van der Waals surface area contributed by atoms with E-state index in [0.29, 0.717) is 5.89 Å². The van der Waals surface area contributed by atoms with Gasteiger partial charge in [-0.25, -0.2) is 15.0 Å². The first-order valence-corrected chi connectivity index (χ1v) is 23.8. The summed E-state index contributed by atoms with van der Waals surface area (Å²) >= 11 is 3.55. The van der Waals surface area contributed by atoms with Gasteiger partial charge in [0, 0.05) is 38.2 Å². The molecule has 7 heteroatoms. The number of rotatable bonds is 6. The predicted octanol–water partition coefficient (Wildman–Crippen LogP) is 14.3. The average molecular weight is 876 g/mol. The van der Waals surface area contributed by atoms with Crippen molar-refractivity contribution in [2.75, 3.05) is 0 Å². The van der Waals surface area contributed by atoms with Gasteiger partial charge >= 0.3 is 0 Å². The van der Waals surface area contributed by atoms with E-state index in [1.54, 1.807) is 22.7 Å². The molecule has 0 N–H and O–H groups in total. The second-order valence-corrected chi connectivity index (χ2v) is 19.1. The van der Waals surface area contributed by atoms with Crippen LogP contribution in [0, 0.1) is 0 Å². The normalized spacial score (nSPS) is 11.9. The van der Waals surface area contributed by atoms with E-state index in [2.05, 4.69) is 206 Å². The van der Waals surface area contributed by atoms with Crippen molar-refractivity contribution in [3.63, 3.8) is 0 Å². The van der Waals surface area contributed by atoms with E-state index in [9.17, 15) is 0 Å². The Labute approximate surface area is 387 Å². The highest BCUT2D eigenvalue weighted by Crippen LogP contribution is 2.42. The fraction of sp³-hybridized carbons (Fsp3) is 0. The molecule has 0 aliphatic heterocycles. The summed E-state index contributed by atoms with van der Waals surface area (Å²) in [5, 5.41) is 14.2. The van der Waals surface area contributed by atoms with Gasteiger partial charge in [0.15, 0.2) is 5.58 Å². The van der Waals surface area contributed by atoms with Gasteiger partial charge in [-0.1, -0.05) is 211 Å². The fourth-order valence-corrected chi connectivity index (χ4v) is 12.3. The first kappa shape index (κ1) is 37.4. The number of hydrogen-bond acceptors (Lipinski definition) is 6. The van der Waals surface area contributed by atoms with Gasteiger partial charge in [-0.3, -0.25) is 0 Å². The SMILES string of the molecule is c1ccc2cc3oc(-c4ccc(B(c5ccc(-c6nc7c8ccccc8c8ccccc8c7s6)cc5)c5ccc(-c6nc7c8ccccc8c8ccccc8c7s6)cc5)cc4)nc3cc2c1. The molecule has 3 aromatic heterocycles. The number of nitrogens with zero attached hydrogens (tertiary/aromatic N) is 3. The van der Waals surface area contributed by atoms with Crippen molar-refractivity contribution in [2.45, 2.75) is 0 Å². The van der Waals surface area contributed by atoms with Gasteiger partial charge in [-0.15, -0.1) is 22.7 Å². The van der Waals surface area contributed by atoms with Gasteiger partial charge in [-0.05, 0) is 44.5 Å². The highest BCUT2D eigenvalue weighted by molar-refractivity contribution is 7.23. The largest absolute Gasteiger partial charge is 0.436 e. The van der Waals surface area contributed by atoms with Crippen LogP contribution in [0.5, 0.6) is 0 Å². The molecule has 11 aromatic carbocycles. The van der Waals surface area contributed by atoms with Crippen molar-refractivity contribution < 1.29 is 4.42 Å². The van der Waals surface area contributed by atoms with E-state index in [1.165, 1.54) is 68.9 Å². The fourth-order valence-electron chi connectivity index (χ4n) is 10.1. The minimum atomic E-state index is -0.0393. The topological polar surface area (TPSA) is 51.8 Å². The van der Waals surface area contributed by atoms with Gasteiger partial charge in [-0.2, -0.15) is 0 Å². The van der Waals surface area contributed by atoms with Crippen LogP contribution in [0.25, 0.3) is 118 Å². The van der Waals surface area contributed by atoms with Crippen molar-refractivity contribution in [1.29, 1.82) is 0 Å². The number of fused-ring (bicyclic) bond motifs is 14. The number of aromatic nitrogens is 3. The molecule has 14 aromatic rings. The highest BCUT2D eigenvalue weighted by atomic mass is 32.1. The molecular formula is C59H34BN3OS2. The first-order valence-electron chi connectivity index (χ1n) is 22.2. The summed E-state index contributed by atoms with van der Waals surface area (Å²) in [5.41, 5.74) is 10.5. The molecule has 0 saturated carbocycles. The third kappa shape index (κ3) is 5.94. The van der Waals surface area contributed by atoms with E-state index in [1.807, 2.05) is 0 Å². The molecule has 0 bridgehead atoms. The van der Waals surface area contributed by atoms with E-state index in [-0.39, 0.29) is 6.71 Å². The molecule has 3 heterocycles. The molecule has 0 aliphatic rings. The number of benzene rings is 11. The summed E-state index contributed by atoms with van der Waals surface area (Å²) in [5.74, 6) is 0.616. The quantitative estimate of drug-likeness (QED) is 0.123. The van der Waals surface area contributed by atoms with Crippen molar-refractivity contribution >= 4 is 131 Å². The second-order valence-electron chi connectivity index (χ2n) is 17.1. The Morgan fingerprint density at radius 2 is 0.727 bits per heavy atom. The predicted molar refractivity (Wildman–Crippen MR) is 282 cm³/mol. The molecule has 0 spiro atoms. The van der Waals surface area contributed by atoms with Crippen LogP contribution < -0.4 is 16.4 Å². The third-order valence-electron chi connectivity index (χ3n) is 13.3. The number of hydrogen-bond donors (Lipinski definition) is 0. The monoisotopic (exact) mass is 875 g/mol. The Hall–Kier alpha value is -7.97. The van der Waals surface area contributed by atoms with Crippen molar-refractivity contribution in [1.82, 2.24) is 15.0 Å². The maximum Gasteiger partial charge on any atom is 0.241 e. The Morgan fingerprint density at radius 3 is 1.20 bits per heavy atom. The molecule has 0 radical (unpaired) electrons. The van der Waals surface area contributed by atoms with Crippen LogP contribution >= 0.6 is 22.7 Å². The van der Waals surface area contributed by atoms with Crippen molar-refractivity contribution in [3.05, 3.63) is 206 Å². The van der Waals surface area contributed by atoms with Gasteiger partial charge in [0.25, 0.3) is 0 Å². The van der Waals surface area contributed by atoms with Gasteiger partial charge in [0.2, 0.25) is 12.6 Å². The van der Waals surface area contributed by atoms with Crippen molar-refractivity contribution in [3.8, 4) is 32.6 Å². The molecule has 14 rings (SSSR count). The van der Waals surface area contributed by atoms with E-state index < -0.39 is 0 Å². The van der Waals surface area contributed by atoms with Gasteiger partial charge in [0.05, 0.1) is 20.4 Å². The summed E-state index contributed by atoms with van der Waals surface area (Å²) in [6, 6.07) is 74.0. The van der Waals surface area contributed by atoms with Crippen LogP contribution in [0.3, 0.4) is 0 Å². The molecule has 0 aliphatic carbocycles. The lowest BCUT2D eigenvalue weighted by atomic mass is 9.37. The molecule has 0 unspecified atom stereocenters. The Morgan fingerprint density at radius 1 is 0.348 bits per heavy atom. The standard InChI is InChI=1S/C59H34BN3OS2/c1-2-12-39-34-52-51(33-38(39)11-1)61-57(64-52)35-21-27-40(28-22-35)60(41-29-23-36(24-30-41)58-62-53-47-17-7-3-13-43(47)45-15-5-9-19-49(45)55(53)65-58)42-31-25-37(26-32-42)59-63-54-48-18-8-4-14-44(48)46-16-6-10-20-50(46)56(54)66-59/h1-34H. The van der Waals surface area contributed by atoms with E-state index in [0.717, 1.165) is 59.6 Å². The van der Waals surface area contributed by atoms with E-state index >= 15 is 0 Å². The third-order valence-corrected chi connectivity index (χ3v) is 15.5. The first-order chi connectivity index (χ1) is 32.7. The van der Waals surface area contributed by atoms with Crippen LogP contribution in [0.4, 0.5) is 0 Å². The molecular weight excluding hydrogens is 842 g/mol. The maximum absolute atomic E-state index is 6.36. The summed E-state index contributed by atoms with van der Waals surface area (Å²) in [7, 11) is 0. The minimum absolute atomic E-state index is 0.0393. The zero-order valence-electron chi connectivity index (χ0n) is 35.3. The summed E-state index contributed by atoms with van der Waals surface area (Å²) < 4.78 is 8.81. The van der Waals surface area contributed by atoms with Crippen molar-refractivity contribution in [2.24, 2.45) is 0 Å². The molecule has 0 fully saturated rings. The summed E-state index contributed by atoms with van der Waals surface area (Å²) in [6.45, 7) is -0.0393. The molecule has 0 amide bonds. The zero-order chi connectivity index (χ0) is 43.3. The Bertz CT molecular complexity index is 3830. The van der Waals surface area contributed by atoms with Crippen LogP contribution in [0.1, 0.15) is 0 Å². The van der Waals surface area contributed by atoms with Crippen LogP contribution in [0.15, 0.2) is 211 Å². The van der Waals surface area contributed by atoms with Crippen LogP contribution in [0.2, 0.25) is 0 Å². The van der Waals surface area contributed by atoms with E-state index in [4.69, 9.17) is 19.4 Å². The summed E-state index contributed by atoms with van der Waals surface area (Å²) in [4.78, 5) is 15.5. The number of oxazole rings is 1. The van der Waals surface area contributed by atoms with Gasteiger partial charge in [0.1, 0.15) is 15.5 Å². The summed E-state index contributed by atoms with van der Waals surface area (Å²) in [6.07, 6.45) is 0. The minimum Gasteiger partial charge on any atom is -0.436 e. The second kappa shape index (κ2) is 14.8. The molecule has 0 atom stereocenters. The Kier molecular flexibility index (Phi) is 8.38. The average Bonchev–Trinajstić information content (AvgIpc) is 4.15. The smallest absolute Gasteiger partial charge is 0.241 e. The highest BCUT2D eigenvalue weighted by Gasteiger charge is 2.24. The maximum atomic E-state index is 6.36.